The Hall–Kier alpha value is -0.0400. The first-order chi connectivity index (χ1) is 4.64. The van der Waals surface area contributed by atoms with E-state index in [0.29, 0.717) is 5.41 Å². The van der Waals surface area contributed by atoms with E-state index in [1.54, 1.807) is 0 Å². The van der Waals surface area contributed by atoms with Crippen LogP contribution in [0.4, 0.5) is 0 Å². The lowest BCUT2D eigenvalue weighted by Crippen LogP contribution is -2.28. The van der Waals surface area contributed by atoms with Gasteiger partial charge in [-0.1, -0.05) is 33.1 Å². The van der Waals surface area contributed by atoms with Gasteiger partial charge in [-0.15, -0.1) is 0 Å². The zero-order valence-electron chi connectivity index (χ0n) is 7.19. The van der Waals surface area contributed by atoms with E-state index in [1.807, 2.05) is 0 Å². The number of rotatable bonds is 3. The Kier molecular flexibility index (Phi) is 2.35. The van der Waals surface area contributed by atoms with Crippen molar-refractivity contribution < 1.29 is 0 Å². The minimum Gasteiger partial charge on any atom is -0.330 e. The summed E-state index contributed by atoms with van der Waals surface area (Å²) in [5, 5.41) is 0. The molecule has 1 aliphatic rings. The molecule has 0 bridgehead atoms. The van der Waals surface area contributed by atoms with Crippen LogP contribution in [0.1, 0.15) is 39.5 Å². The molecule has 0 aliphatic heterocycles. The molecule has 0 aromatic rings. The summed E-state index contributed by atoms with van der Waals surface area (Å²) in [5.74, 6) is 0.999. The third kappa shape index (κ3) is 1.98. The van der Waals surface area contributed by atoms with Crippen molar-refractivity contribution in [2.24, 2.45) is 17.1 Å². The van der Waals surface area contributed by atoms with Gasteiger partial charge in [-0.25, -0.2) is 0 Å². The molecule has 10 heavy (non-hydrogen) atoms. The Morgan fingerprint density at radius 1 is 1.40 bits per heavy atom. The third-order valence-corrected chi connectivity index (χ3v) is 2.62. The standard InChI is InChI=1S/C9H19N/c1-9(2,7-10)6-8-4-3-5-8/h8H,3-7,10H2,1-2H3. The maximum Gasteiger partial charge on any atom is -0.00257 e. The van der Waals surface area contributed by atoms with E-state index in [0.717, 1.165) is 12.5 Å². The maximum atomic E-state index is 5.63. The molecule has 1 rings (SSSR count). The van der Waals surface area contributed by atoms with E-state index in [1.165, 1.54) is 25.7 Å². The van der Waals surface area contributed by atoms with Crippen molar-refractivity contribution in [3.63, 3.8) is 0 Å². The van der Waals surface area contributed by atoms with Gasteiger partial charge in [0.15, 0.2) is 0 Å². The first-order valence-electron chi connectivity index (χ1n) is 4.34. The average Bonchev–Trinajstić information content (AvgIpc) is 1.80. The second-order valence-electron chi connectivity index (χ2n) is 4.37. The molecule has 0 spiro atoms. The number of nitrogens with two attached hydrogens (primary N) is 1. The van der Waals surface area contributed by atoms with Gasteiger partial charge in [-0.3, -0.25) is 0 Å². The normalized spacial score (nSPS) is 20.7. The zero-order chi connectivity index (χ0) is 7.61. The van der Waals surface area contributed by atoms with Crippen molar-refractivity contribution in [2.45, 2.75) is 39.5 Å². The SMILES string of the molecule is CC(C)(CN)CC1CCC1. The second kappa shape index (κ2) is 2.91. The Morgan fingerprint density at radius 2 is 2.00 bits per heavy atom. The molecule has 1 aliphatic carbocycles. The fourth-order valence-electron chi connectivity index (χ4n) is 1.56. The monoisotopic (exact) mass is 141 g/mol. The first kappa shape index (κ1) is 8.06. The molecular weight excluding hydrogens is 122 g/mol. The lowest BCUT2D eigenvalue weighted by molar-refractivity contribution is 0.198. The van der Waals surface area contributed by atoms with E-state index < -0.39 is 0 Å². The smallest absolute Gasteiger partial charge is 0.00257 e. The van der Waals surface area contributed by atoms with Gasteiger partial charge in [0.05, 0.1) is 0 Å². The highest BCUT2D eigenvalue weighted by molar-refractivity contribution is 4.78. The molecule has 0 atom stereocenters. The van der Waals surface area contributed by atoms with Crippen LogP contribution in [0.15, 0.2) is 0 Å². The summed E-state index contributed by atoms with van der Waals surface area (Å²) >= 11 is 0. The molecule has 2 N–H and O–H groups in total. The lowest BCUT2D eigenvalue weighted by Gasteiger charge is -2.33. The largest absolute Gasteiger partial charge is 0.330 e. The van der Waals surface area contributed by atoms with Crippen LogP contribution in [0.2, 0.25) is 0 Å². The van der Waals surface area contributed by atoms with E-state index in [2.05, 4.69) is 13.8 Å². The predicted molar refractivity (Wildman–Crippen MR) is 44.8 cm³/mol. The molecule has 60 valence electrons. The van der Waals surface area contributed by atoms with Crippen LogP contribution in [-0.4, -0.2) is 6.54 Å². The molecule has 1 nitrogen and oxygen atoms in total. The Labute approximate surface area is 64.0 Å². The van der Waals surface area contributed by atoms with Crippen molar-refractivity contribution in [3.8, 4) is 0 Å². The number of hydrogen-bond acceptors (Lipinski definition) is 1. The van der Waals surface area contributed by atoms with Crippen LogP contribution < -0.4 is 5.73 Å². The minimum absolute atomic E-state index is 0.394. The summed E-state index contributed by atoms with van der Waals surface area (Å²) in [4.78, 5) is 0. The van der Waals surface area contributed by atoms with E-state index >= 15 is 0 Å². The van der Waals surface area contributed by atoms with Crippen molar-refractivity contribution in [2.75, 3.05) is 6.54 Å². The van der Waals surface area contributed by atoms with E-state index in [4.69, 9.17) is 5.73 Å². The summed E-state index contributed by atoms with van der Waals surface area (Å²) < 4.78 is 0. The Morgan fingerprint density at radius 3 is 2.30 bits per heavy atom. The van der Waals surface area contributed by atoms with Crippen LogP contribution in [0.5, 0.6) is 0 Å². The summed E-state index contributed by atoms with van der Waals surface area (Å²) in [6.45, 7) is 5.38. The molecule has 0 aromatic heterocycles. The molecule has 0 radical (unpaired) electrons. The highest BCUT2D eigenvalue weighted by Crippen LogP contribution is 2.36. The van der Waals surface area contributed by atoms with Gasteiger partial charge in [0.25, 0.3) is 0 Å². The van der Waals surface area contributed by atoms with Gasteiger partial charge >= 0.3 is 0 Å². The molecule has 0 heterocycles. The molecule has 1 saturated carbocycles. The Bertz CT molecular complexity index is 103. The summed E-state index contributed by atoms with van der Waals surface area (Å²) in [5.41, 5.74) is 6.03. The van der Waals surface area contributed by atoms with Gasteiger partial charge in [-0.05, 0) is 24.3 Å². The molecule has 0 amide bonds. The molecule has 1 heteroatoms. The predicted octanol–water partition coefficient (Wildman–Crippen LogP) is 2.16. The fraction of sp³-hybridized carbons (Fsp3) is 1.00. The topological polar surface area (TPSA) is 26.0 Å². The highest BCUT2D eigenvalue weighted by atomic mass is 14.6. The fourth-order valence-corrected chi connectivity index (χ4v) is 1.56. The second-order valence-corrected chi connectivity index (χ2v) is 4.37. The molecule has 0 saturated heterocycles. The van der Waals surface area contributed by atoms with E-state index in [9.17, 15) is 0 Å². The van der Waals surface area contributed by atoms with Crippen LogP contribution >= 0.6 is 0 Å². The number of hydrogen-bond donors (Lipinski definition) is 1. The van der Waals surface area contributed by atoms with Gasteiger partial charge in [0.1, 0.15) is 0 Å². The lowest BCUT2D eigenvalue weighted by atomic mass is 9.73. The third-order valence-electron chi connectivity index (χ3n) is 2.62. The summed E-state index contributed by atoms with van der Waals surface area (Å²) in [7, 11) is 0. The van der Waals surface area contributed by atoms with E-state index in [-0.39, 0.29) is 0 Å². The molecule has 1 fully saturated rings. The minimum atomic E-state index is 0.394. The van der Waals surface area contributed by atoms with Crippen LogP contribution in [0, 0.1) is 11.3 Å². The molecular formula is C9H19N. The van der Waals surface area contributed by atoms with Gasteiger partial charge in [0.2, 0.25) is 0 Å². The Balaban J connectivity index is 2.21. The quantitative estimate of drug-likeness (QED) is 0.640. The summed E-state index contributed by atoms with van der Waals surface area (Å²) in [6, 6.07) is 0. The van der Waals surface area contributed by atoms with Crippen LogP contribution in [0.3, 0.4) is 0 Å². The van der Waals surface area contributed by atoms with Crippen molar-refractivity contribution in [1.82, 2.24) is 0 Å². The summed E-state index contributed by atoms with van der Waals surface area (Å²) in [6.07, 6.45) is 5.68. The van der Waals surface area contributed by atoms with Gasteiger partial charge < -0.3 is 5.73 Å². The average molecular weight is 141 g/mol. The van der Waals surface area contributed by atoms with Crippen molar-refractivity contribution in [3.05, 3.63) is 0 Å². The first-order valence-corrected chi connectivity index (χ1v) is 4.34. The van der Waals surface area contributed by atoms with Crippen LogP contribution in [-0.2, 0) is 0 Å². The van der Waals surface area contributed by atoms with Crippen molar-refractivity contribution >= 4 is 0 Å². The molecule has 0 unspecified atom stereocenters. The van der Waals surface area contributed by atoms with Gasteiger partial charge in [-0.2, -0.15) is 0 Å². The van der Waals surface area contributed by atoms with Crippen molar-refractivity contribution in [1.29, 1.82) is 0 Å². The van der Waals surface area contributed by atoms with Gasteiger partial charge in [0, 0.05) is 0 Å². The zero-order valence-corrected chi connectivity index (χ0v) is 7.19. The highest BCUT2D eigenvalue weighted by Gasteiger charge is 2.25. The van der Waals surface area contributed by atoms with Crippen LogP contribution in [0.25, 0.3) is 0 Å². The maximum absolute atomic E-state index is 5.63. The molecule has 0 aromatic carbocycles.